The SMILES string of the molecule is CC(C)(C)c1cc([N+](=O)[O-])nn1C1CC(CO)(CO)C1. The van der Waals surface area contributed by atoms with Crippen LogP contribution in [0.1, 0.15) is 45.3 Å². The Balaban J connectivity index is 2.31. The molecule has 0 radical (unpaired) electrons. The molecule has 0 aliphatic heterocycles. The maximum Gasteiger partial charge on any atom is 0.390 e. The predicted molar refractivity (Wildman–Crippen MR) is 72.5 cm³/mol. The fourth-order valence-corrected chi connectivity index (χ4v) is 2.73. The van der Waals surface area contributed by atoms with Crippen molar-refractivity contribution in [1.29, 1.82) is 0 Å². The molecule has 0 amide bonds. The highest BCUT2D eigenvalue weighted by molar-refractivity contribution is 5.28. The Hall–Kier alpha value is -1.47. The molecule has 1 aromatic heterocycles. The van der Waals surface area contributed by atoms with E-state index in [9.17, 15) is 20.3 Å². The van der Waals surface area contributed by atoms with Crippen LogP contribution >= 0.6 is 0 Å². The Labute approximate surface area is 117 Å². The molecule has 0 saturated heterocycles. The summed E-state index contributed by atoms with van der Waals surface area (Å²) in [6.07, 6.45) is 1.17. The van der Waals surface area contributed by atoms with E-state index in [-0.39, 0.29) is 30.5 Å². The molecule has 1 aliphatic carbocycles. The molecule has 0 aromatic carbocycles. The van der Waals surface area contributed by atoms with Gasteiger partial charge in [0.05, 0.1) is 36.1 Å². The molecular weight excluding hydrogens is 262 g/mol. The van der Waals surface area contributed by atoms with Gasteiger partial charge in [-0.1, -0.05) is 20.8 Å². The lowest BCUT2D eigenvalue weighted by Crippen LogP contribution is -2.45. The Bertz CT molecular complexity index is 506. The van der Waals surface area contributed by atoms with Gasteiger partial charge in [-0.15, -0.1) is 0 Å². The van der Waals surface area contributed by atoms with Gasteiger partial charge in [0.15, 0.2) is 0 Å². The predicted octanol–water partition coefficient (Wildman–Crippen LogP) is 1.39. The average Bonchev–Trinajstić information content (AvgIpc) is 2.73. The van der Waals surface area contributed by atoms with Gasteiger partial charge in [0.2, 0.25) is 0 Å². The number of rotatable bonds is 4. The van der Waals surface area contributed by atoms with Crippen molar-refractivity contribution in [3.63, 3.8) is 0 Å². The van der Waals surface area contributed by atoms with Gasteiger partial charge < -0.3 is 20.3 Å². The first kappa shape index (κ1) is 14.9. The largest absolute Gasteiger partial charge is 0.396 e. The molecule has 7 nitrogen and oxygen atoms in total. The van der Waals surface area contributed by atoms with E-state index in [4.69, 9.17) is 0 Å². The van der Waals surface area contributed by atoms with Crippen molar-refractivity contribution in [1.82, 2.24) is 9.78 Å². The fraction of sp³-hybridized carbons (Fsp3) is 0.769. The lowest BCUT2D eigenvalue weighted by atomic mass is 9.66. The number of nitro groups is 1. The van der Waals surface area contributed by atoms with E-state index < -0.39 is 10.3 Å². The van der Waals surface area contributed by atoms with Gasteiger partial charge in [-0.05, 0) is 17.8 Å². The topological polar surface area (TPSA) is 101 Å². The second kappa shape index (κ2) is 4.82. The molecule has 0 spiro atoms. The quantitative estimate of drug-likeness (QED) is 0.642. The molecule has 7 heteroatoms. The zero-order valence-electron chi connectivity index (χ0n) is 12.0. The molecule has 0 unspecified atom stereocenters. The van der Waals surface area contributed by atoms with Crippen LogP contribution in [0.25, 0.3) is 0 Å². The Morgan fingerprint density at radius 3 is 2.40 bits per heavy atom. The van der Waals surface area contributed by atoms with Gasteiger partial charge in [0, 0.05) is 10.8 Å². The van der Waals surface area contributed by atoms with Crippen LogP contribution < -0.4 is 0 Å². The number of nitrogens with zero attached hydrogens (tertiary/aromatic N) is 3. The lowest BCUT2D eigenvalue weighted by Gasteiger charge is -2.45. The zero-order valence-corrected chi connectivity index (χ0v) is 12.0. The second-order valence-corrected chi connectivity index (χ2v) is 6.72. The highest BCUT2D eigenvalue weighted by atomic mass is 16.6. The van der Waals surface area contributed by atoms with Crippen molar-refractivity contribution in [3.8, 4) is 0 Å². The summed E-state index contributed by atoms with van der Waals surface area (Å²) in [5.41, 5.74) is 0.0806. The Kier molecular flexibility index (Phi) is 3.60. The van der Waals surface area contributed by atoms with E-state index in [0.717, 1.165) is 5.69 Å². The standard InChI is InChI=1S/C13H21N3O4/c1-12(2,3)10-4-11(16(19)20)14-15(10)9-5-13(6-9,7-17)8-18/h4,9,17-18H,5-8H2,1-3H3. The molecule has 1 saturated carbocycles. The molecule has 1 aromatic rings. The van der Waals surface area contributed by atoms with Gasteiger partial charge in [-0.25, -0.2) is 0 Å². The summed E-state index contributed by atoms with van der Waals surface area (Å²) in [6.45, 7) is 5.79. The van der Waals surface area contributed by atoms with Gasteiger partial charge in [0.25, 0.3) is 0 Å². The maximum absolute atomic E-state index is 10.9. The molecule has 1 aliphatic rings. The third-order valence-corrected chi connectivity index (χ3v) is 4.03. The number of hydrogen-bond donors (Lipinski definition) is 2. The molecule has 1 fully saturated rings. The third-order valence-electron chi connectivity index (χ3n) is 4.03. The van der Waals surface area contributed by atoms with Crippen molar-refractivity contribution >= 4 is 5.82 Å². The number of aliphatic hydroxyl groups is 2. The second-order valence-electron chi connectivity index (χ2n) is 6.72. The maximum atomic E-state index is 10.9. The van der Waals surface area contributed by atoms with Crippen LogP contribution in [0.3, 0.4) is 0 Å². The van der Waals surface area contributed by atoms with Crippen LogP contribution in [-0.2, 0) is 5.41 Å². The molecular formula is C13H21N3O4. The summed E-state index contributed by atoms with van der Waals surface area (Å²) < 4.78 is 1.70. The van der Waals surface area contributed by atoms with Crippen molar-refractivity contribution in [3.05, 3.63) is 21.9 Å². The summed E-state index contributed by atoms with van der Waals surface area (Å²) in [5, 5.41) is 33.7. The number of hydrogen-bond acceptors (Lipinski definition) is 5. The van der Waals surface area contributed by atoms with Gasteiger partial charge >= 0.3 is 5.82 Å². The summed E-state index contributed by atoms with van der Waals surface area (Å²) in [7, 11) is 0. The first-order valence-electron chi connectivity index (χ1n) is 6.68. The summed E-state index contributed by atoms with van der Waals surface area (Å²) in [6, 6.07) is 1.51. The number of aliphatic hydroxyl groups excluding tert-OH is 2. The Morgan fingerprint density at radius 1 is 1.45 bits per heavy atom. The average molecular weight is 283 g/mol. The van der Waals surface area contributed by atoms with Crippen LogP contribution in [-0.4, -0.2) is 38.1 Å². The summed E-state index contributed by atoms with van der Waals surface area (Å²) in [4.78, 5) is 10.4. The summed E-state index contributed by atoms with van der Waals surface area (Å²) in [5.74, 6) is -0.152. The van der Waals surface area contributed by atoms with E-state index in [1.807, 2.05) is 20.8 Å². The van der Waals surface area contributed by atoms with Gasteiger partial charge in [-0.2, -0.15) is 4.68 Å². The van der Waals surface area contributed by atoms with Crippen LogP contribution in [0, 0.1) is 15.5 Å². The van der Waals surface area contributed by atoms with Crippen LogP contribution in [0.15, 0.2) is 6.07 Å². The van der Waals surface area contributed by atoms with Crippen molar-refractivity contribution < 1.29 is 15.1 Å². The highest BCUT2D eigenvalue weighted by Gasteiger charge is 2.47. The first-order valence-corrected chi connectivity index (χ1v) is 6.68. The molecule has 1 heterocycles. The minimum Gasteiger partial charge on any atom is -0.396 e. The smallest absolute Gasteiger partial charge is 0.390 e. The monoisotopic (exact) mass is 283 g/mol. The van der Waals surface area contributed by atoms with E-state index in [1.54, 1.807) is 4.68 Å². The normalized spacial score (nSPS) is 18.9. The van der Waals surface area contributed by atoms with Gasteiger partial charge in [-0.3, -0.25) is 0 Å². The molecule has 20 heavy (non-hydrogen) atoms. The van der Waals surface area contributed by atoms with Gasteiger partial charge in [0.1, 0.15) is 0 Å². The molecule has 0 atom stereocenters. The third kappa shape index (κ3) is 2.43. The fourth-order valence-electron chi connectivity index (χ4n) is 2.73. The van der Waals surface area contributed by atoms with Crippen LogP contribution in [0.4, 0.5) is 5.82 Å². The van der Waals surface area contributed by atoms with Crippen molar-refractivity contribution in [2.45, 2.75) is 45.1 Å². The van der Waals surface area contributed by atoms with E-state index in [1.165, 1.54) is 6.07 Å². The Morgan fingerprint density at radius 2 is 2.00 bits per heavy atom. The lowest BCUT2D eigenvalue weighted by molar-refractivity contribution is -0.389. The minimum atomic E-state index is -0.490. The highest BCUT2D eigenvalue weighted by Crippen LogP contribution is 2.49. The van der Waals surface area contributed by atoms with Crippen LogP contribution in [0.2, 0.25) is 0 Å². The summed E-state index contributed by atoms with van der Waals surface area (Å²) >= 11 is 0. The van der Waals surface area contributed by atoms with E-state index in [0.29, 0.717) is 12.8 Å². The molecule has 0 bridgehead atoms. The molecule has 112 valence electrons. The minimum absolute atomic E-state index is 0.00257. The first-order chi connectivity index (χ1) is 9.22. The van der Waals surface area contributed by atoms with Crippen LogP contribution in [0.5, 0.6) is 0 Å². The number of aromatic nitrogens is 2. The molecule has 2 rings (SSSR count). The van der Waals surface area contributed by atoms with Crippen molar-refractivity contribution in [2.24, 2.45) is 5.41 Å². The van der Waals surface area contributed by atoms with Crippen molar-refractivity contribution in [2.75, 3.05) is 13.2 Å². The van der Waals surface area contributed by atoms with E-state index in [2.05, 4.69) is 5.10 Å². The molecule has 2 N–H and O–H groups in total. The zero-order chi connectivity index (χ0) is 15.1. The van der Waals surface area contributed by atoms with E-state index >= 15 is 0 Å².